The summed E-state index contributed by atoms with van der Waals surface area (Å²) in [6.45, 7) is 6.35. The lowest BCUT2D eigenvalue weighted by Crippen LogP contribution is -2.36. The first-order valence-electron chi connectivity index (χ1n) is 7.61. The van der Waals surface area contributed by atoms with Crippen molar-refractivity contribution in [1.29, 1.82) is 0 Å². The minimum atomic E-state index is 0.312. The van der Waals surface area contributed by atoms with Crippen LogP contribution in [0, 0.1) is 5.92 Å². The van der Waals surface area contributed by atoms with Gasteiger partial charge in [0.25, 0.3) is 0 Å². The van der Waals surface area contributed by atoms with Crippen LogP contribution in [0.25, 0.3) is 0 Å². The monoisotopic (exact) mass is 311 g/mol. The van der Waals surface area contributed by atoms with Crippen LogP contribution in [0.3, 0.4) is 0 Å². The first-order chi connectivity index (χ1) is 10.1. The molecule has 2 aliphatic rings. The largest absolute Gasteiger partial charge is 0.486 e. The zero-order valence-electron chi connectivity index (χ0n) is 12.5. The second kappa shape index (κ2) is 6.32. The molecule has 4 nitrogen and oxygen atoms in total. The van der Waals surface area contributed by atoms with Crippen LogP contribution < -0.4 is 14.8 Å². The molecule has 0 amide bonds. The van der Waals surface area contributed by atoms with E-state index in [1.807, 2.05) is 12.1 Å². The fourth-order valence-corrected chi connectivity index (χ4v) is 3.03. The minimum Gasteiger partial charge on any atom is -0.486 e. The van der Waals surface area contributed by atoms with Crippen molar-refractivity contribution in [3.8, 4) is 11.5 Å². The molecule has 0 radical (unpaired) electrons. The van der Waals surface area contributed by atoms with E-state index in [0.717, 1.165) is 36.6 Å². The topological polar surface area (TPSA) is 39.7 Å². The van der Waals surface area contributed by atoms with Crippen LogP contribution in [0.1, 0.15) is 26.7 Å². The van der Waals surface area contributed by atoms with Gasteiger partial charge in [0, 0.05) is 24.8 Å². The van der Waals surface area contributed by atoms with Crippen molar-refractivity contribution in [2.24, 2.45) is 5.92 Å². The summed E-state index contributed by atoms with van der Waals surface area (Å²) in [4.78, 5) is 0. The van der Waals surface area contributed by atoms with E-state index in [9.17, 15) is 0 Å². The van der Waals surface area contributed by atoms with E-state index in [1.165, 1.54) is 0 Å². The Balaban J connectivity index is 1.72. The molecule has 2 unspecified atom stereocenters. The number of nitrogens with one attached hydrogen (secondary N) is 1. The minimum absolute atomic E-state index is 0.312. The molecule has 0 aliphatic carbocycles. The van der Waals surface area contributed by atoms with Crippen molar-refractivity contribution in [2.45, 2.75) is 38.8 Å². The summed E-state index contributed by atoms with van der Waals surface area (Å²) < 4.78 is 17.0. The van der Waals surface area contributed by atoms with Crippen LogP contribution in [0.15, 0.2) is 12.1 Å². The summed E-state index contributed by atoms with van der Waals surface area (Å²) in [7, 11) is 0. The third kappa shape index (κ3) is 3.38. The Hall–Kier alpha value is -1.13. The molecular formula is C16H22ClNO3. The highest BCUT2D eigenvalue weighted by molar-refractivity contribution is 6.33. The highest BCUT2D eigenvalue weighted by Gasteiger charge is 2.25. The van der Waals surface area contributed by atoms with E-state index in [0.29, 0.717) is 36.3 Å². The number of anilines is 1. The van der Waals surface area contributed by atoms with Gasteiger partial charge in [-0.3, -0.25) is 0 Å². The molecule has 0 bridgehead atoms. The highest BCUT2D eigenvalue weighted by atomic mass is 35.5. The highest BCUT2D eigenvalue weighted by Crippen LogP contribution is 2.38. The number of hydrogen-bond acceptors (Lipinski definition) is 4. The van der Waals surface area contributed by atoms with Crippen LogP contribution >= 0.6 is 11.6 Å². The normalized spacial score (nSPS) is 25.0. The van der Waals surface area contributed by atoms with E-state index < -0.39 is 0 Å². The lowest BCUT2D eigenvalue weighted by Gasteiger charge is -2.33. The van der Waals surface area contributed by atoms with Gasteiger partial charge in [-0.15, -0.1) is 0 Å². The van der Waals surface area contributed by atoms with Gasteiger partial charge in [-0.1, -0.05) is 25.4 Å². The molecule has 116 valence electrons. The predicted molar refractivity (Wildman–Crippen MR) is 83.7 cm³/mol. The maximum absolute atomic E-state index is 6.35. The molecule has 0 saturated carbocycles. The van der Waals surface area contributed by atoms with Crippen LogP contribution in [-0.4, -0.2) is 32.0 Å². The molecule has 1 saturated heterocycles. The zero-order chi connectivity index (χ0) is 14.8. The Morgan fingerprint density at radius 3 is 2.57 bits per heavy atom. The number of fused-ring (bicyclic) bond motifs is 1. The van der Waals surface area contributed by atoms with E-state index in [-0.39, 0.29) is 0 Å². The quantitative estimate of drug-likeness (QED) is 0.923. The van der Waals surface area contributed by atoms with Gasteiger partial charge in [-0.25, -0.2) is 0 Å². The lowest BCUT2D eigenvalue weighted by atomic mass is 9.95. The molecule has 2 heterocycles. The molecule has 1 N–H and O–H groups in total. The van der Waals surface area contributed by atoms with Crippen LogP contribution in [0.4, 0.5) is 5.69 Å². The smallest absolute Gasteiger partial charge is 0.163 e. The number of halogens is 1. The van der Waals surface area contributed by atoms with Crippen molar-refractivity contribution in [2.75, 3.05) is 25.1 Å². The fourth-order valence-electron chi connectivity index (χ4n) is 2.82. The van der Waals surface area contributed by atoms with Gasteiger partial charge in [0.2, 0.25) is 0 Å². The number of rotatable bonds is 3. The molecule has 0 aromatic heterocycles. The molecule has 5 heteroatoms. The van der Waals surface area contributed by atoms with Gasteiger partial charge in [0.05, 0.1) is 16.8 Å². The zero-order valence-corrected chi connectivity index (χ0v) is 13.3. The summed E-state index contributed by atoms with van der Waals surface area (Å²) in [6.07, 6.45) is 2.31. The van der Waals surface area contributed by atoms with Gasteiger partial charge < -0.3 is 19.5 Å². The van der Waals surface area contributed by atoms with Crippen molar-refractivity contribution in [1.82, 2.24) is 0 Å². The Kier molecular flexibility index (Phi) is 4.45. The molecule has 2 atom stereocenters. The standard InChI is InChI=1S/C16H22ClNO3/c1-10(2)14-7-11(3-4-19-14)18-13-9-16-15(8-12(13)17)20-5-6-21-16/h8-11,14,18H,3-7H2,1-2H3. The molecule has 3 rings (SSSR count). The third-order valence-electron chi connectivity index (χ3n) is 4.05. The Morgan fingerprint density at radius 2 is 1.86 bits per heavy atom. The van der Waals surface area contributed by atoms with Crippen molar-refractivity contribution < 1.29 is 14.2 Å². The van der Waals surface area contributed by atoms with Crippen molar-refractivity contribution in [3.63, 3.8) is 0 Å². The SMILES string of the molecule is CC(C)C1CC(Nc2cc3c(cc2Cl)OCCO3)CCO1. The molecule has 2 aliphatic heterocycles. The van der Waals surface area contributed by atoms with E-state index in [4.69, 9.17) is 25.8 Å². The number of ether oxygens (including phenoxy) is 3. The maximum atomic E-state index is 6.35. The predicted octanol–water partition coefficient (Wildman–Crippen LogP) is 3.73. The summed E-state index contributed by atoms with van der Waals surface area (Å²) >= 11 is 6.35. The fraction of sp³-hybridized carbons (Fsp3) is 0.625. The Bertz CT molecular complexity index is 507. The average molecular weight is 312 g/mol. The summed E-state index contributed by atoms with van der Waals surface area (Å²) in [5.41, 5.74) is 0.912. The second-order valence-corrected chi connectivity index (χ2v) is 6.40. The van der Waals surface area contributed by atoms with Gasteiger partial charge in [-0.05, 0) is 18.8 Å². The Labute approximate surface area is 130 Å². The van der Waals surface area contributed by atoms with E-state index in [2.05, 4.69) is 19.2 Å². The first-order valence-corrected chi connectivity index (χ1v) is 7.98. The maximum Gasteiger partial charge on any atom is 0.163 e. The molecule has 0 spiro atoms. The third-order valence-corrected chi connectivity index (χ3v) is 4.36. The Morgan fingerprint density at radius 1 is 1.14 bits per heavy atom. The van der Waals surface area contributed by atoms with Gasteiger partial charge in [0.15, 0.2) is 11.5 Å². The van der Waals surface area contributed by atoms with E-state index >= 15 is 0 Å². The molecule has 21 heavy (non-hydrogen) atoms. The number of hydrogen-bond donors (Lipinski definition) is 1. The molecule has 1 aromatic carbocycles. The summed E-state index contributed by atoms with van der Waals surface area (Å²) in [5.74, 6) is 2.02. The molecular weight excluding hydrogens is 290 g/mol. The van der Waals surface area contributed by atoms with Gasteiger partial charge >= 0.3 is 0 Å². The van der Waals surface area contributed by atoms with Crippen LogP contribution in [-0.2, 0) is 4.74 Å². The second-order valence-electron chi connectivity index (χ2n) is 5.99. The van der Waals surface area contributed by atoms with Crippen LogP contribution in [0.5, 0.6) is 11.5 Å². The first kappa shape index (κ1) is 14.8. The summed E-state index contributed by atoms with van der Waals surface area (Å²) in [5, 5.41) is 4.21. The van der Waals surface area contributed by atoms with E-state index in [1.54, 1.807) is 0 Å². The van der Waals surface area contributed by atoms with Crippen LogP contribution in [0.2, 0.25) is 5.02 Å². The van der Waals surface area contributed by atoms with Crippen molar-refractivity contribution >= 4 is 17.3 Å². The lowest BCUT2D eigenvalue weighted by molar-refractivity contribution is -0.0160. The van der Waals surface area contributed by atoms with Crippen molar-refractivity contribution in [3.05, 3.63) is 17.2 Å². The molecule has 1 fully saturated rings. The number of benzene rings is 1. The van der Waals surface area contributed by atoms with Gasteiger partial charge in [-0.2, -0.15) is 0 Å². The van der Waals surface area contributed by atoms with Gasteiger partial charge in [0.1, 0.15) is 13.2 Å². The summed E-state index contributed by atoms with van der Waals surface area (Å²) in [6, 6.07) is 4.15. The average Bonchev–Trinajstić information content (AvgIpc) is 2.48. The molecule has 1 aromatic rings.